The van der Waals surface area contributed by atoms with E-state index >= 15 is 0 Å². The first kappa shape index (κ1) is 15.5. The second-order valence-corrected chi connectivity index (χ2v) is 6.57. The third kappa shape index (κ3) is 3.72. The van der Waals surface area contributed by atoms with Gasteiger partial charge in [0.1, 0.15) is 0 Å². The van der Waals surface area contributed by atoms with Crippen LogP contribution in [0.3, 0.4) is 0 Å². The summed E-state index contributed by atoms with van der Waals surface area (Å²) in [6, 6.07) is 5.37. The van der Waals surface area contributed by atoms with E-state index in [9.17, 15) is 4.79 Å². The van der Waals surface area contributed by atoms with E-state index in [-0.39, 0.29) is 11.4 Å². The Morgan fingerprint density at radius 2 is 2.11 bits per heavy atom. The normalized spacial score (nSPS) is 11.2. The van der Waals surface area contributed by atoms with Gasteiger partial charge in [0, 0.05) is 21.2 Å². The van der Waals surface area contributed by atoms with Crippen molar-refractivity contribution in [3.05, 3.63) is 45.0 Å². The molecule has 0 saturated carbocycles. The Morgan fingerprint density at radius 3 is 2.56 bits per heavy atom. The van der Waals surface area contributed by atoms with Gasteiger partial charge in [0.05, 0.1) is 5.02 Å². The standard InChI is InChI=1S/C14H17ClINO/c1-5-8-17(14(2,3)4)13(18)10-6-7-12(16)11(15)9-10/h5-7,9H,1,8H2,2-4H3. The molecule has 1 aromatic carbocycles. The first-order valence-electron chi connectivity index (χ1n) is 5.65. The number of hydrogen-bond donors (Lipinski definition) is 0. The van der Waals surface area contributed by atoms with Gasteiger partial charge in [0.25, 0.3) is 5.91 Å². The third-order valence-corrected chi connectivity index (χ3v) is 4.11. The molecule has 18 heavy (non-hydrogen) atoms. The van der Waals surface area contributed by atoms with Crippen molar-refractivity contribution in [1.29, 1.82) is 0 Å². The molecule has 0 unspecified atom stereocenters. The number of amides is 1. The summed E-state index contributed by atoms with van der Waals surface area (Å²) in [5, 5.41) is 0.605. The van der Waals surface area contributed by atoms with Gasteiger partial charge < -0.3 is 4.90 Å². The highest BCUT2D eigenvalue weighted by molar-refractivity contribution is 14.1. The van der Waals surface area contributed by atoms with Gasteiger partial charge in [0.15, 0.2) is 0 Å². The molecule has 0 fully saturated rings. The van der Waals surface area contributed by atoms with Crippen LogP contribution in [0.25, 0.3) is 0 Å². The molecule has 0 aromatic heterocycles. The van der Waals surface area contributed by atoms with Crippen LogP contribution in [0.1, 0.15) is 31.1 Å². The first-order chi connectivity index (χ1) is 8.27. The molecule has 0 aliphatic carbocycles. The van der Waals surface area contributed by atoms with Gasteiger partial charge in [-0.15, -0.1) is 6.58 Å². The summed E-state index contributed by atoms with van der Waals surface area (Å²) in [6.07, 6.45) is 1.73. The highest BCUT2D eigenvalue weighted by Gasteiger charge is 2.26. The minimum absolute atomic E-state index is 0.0271. The fraction of sp³-hybridized carbons (Fsp3) is 0.357. The molecular formula is C14H17ClINO. The summed E-state index contributed by atoms with van der Waals surface area (Å²) < 4.78 is 0.942. The molecule has 0 spiro atoms. The molecule has 1 aromatic rings. The van der Waals surface area contributed by atoms with E-state index in [0.717, 1.165) is 3.57 Å². The summed E-state index contributed by atoms with van der Waals surface area (Å²) in [4.78, 5) is 14.2. The van der Waals surface area contributed by atoms with Gasteiger partial charge in [0.2, 0.25) is 0 Å². The highest BCUT2D eigenvalue weighted by atomic mass is 127. The average molecular weight is 378 g/mol. The number of hydrogen-bond acceptors (Lipinski definition) is 1. The van der Waals surface area contributed by atoms with Crippen LogP contribution in [0, 0.1) is 3.57 Å². The largest absolute Gasteiger partial charge is 0.330 e. The molecule has 0 saturated heterocycles. The lowest BCUT2D eigenvalue weighted by Crippen LogP contribution is -2.45. The lowest BCUT2D eigenvalue weighted by atomic mass is 10.0. The molecule has 0 aliphatic heterocycles. The van der Waals surface area contributed by atoms with E-state index < -0.39 is 0 Å². The number of benzene rings is 1. The minimum atomic E-state index is -0.249. The number of halogens is 2. The summed E-state index contributed by atoms with van der Waals surface area (Å²) >= 11 is 8.20. The molecule has 2 nitrogen and oxygen atoms in total. The molecule has 98 valence electrons. The number of rotatable bonds is 3. The lowest BCUT2D eigenvalue weighted by Gasteiger charge is -2.35. The van der Waals surface area contributed by atoms with E-state index in [0.29, 0.717) is 17.1 Å². The molecule has 0 heterocycles. The minimum Gasteiger partial charge on any atom is -0.330 e. The molecule has 1 rings (SSSR count). The zero-order chi connectivity index (χ0) is 13.9. The van der Waals surface area contributed by atoms with Crippen molar-refractivity contribution in [3.8, 4) is 0 Å². The van der Waals surface area contributed by atoms with Crippen LogP contribution in [0.4, 0.5) is 0 Å². The second-order valence-electron chi connectivity index (χ2n) is 5.00. The summed E-state index contributed by atoms with van der Waals surface area (Å²) in [6.45, 7) is 10.2. The molecule has 0 radical (unpaired) electrons. The summed E-state index contributed by atoms with van der Waals surface area (Å²) in [5.41, 5.74) is 0.359. The molecule has 0 aliphatic rings. The zero-order valence-corrected chi connectivity index (χ0v) is 13.7. The second kappa shape index (κ2) is 6.06. The molecular weight excluding hydrogens is 361 g/mol. The monoisotopic (exact) mass is 377 g/mol. The summed E-state index contributed by atoms with van der Waals surface area (Å²) in [5.74, 6) is -0.0271. The quantitative estimate of drug-likeness (QED) is 0.566. The topological polar surface area (TPSA) is 20.3 Å². The maximum Gasteiger partial charge on any atom is 0.254 e. The predicted octanol–water partition coefficient (Wildman–Crippen LogP) is 4.37. The van der Waals surface area contributed by atoms with Crippen molar-refractivity contribution >= 4 is 40.1 Å². The predicted molar refractivity (Wildman–Crippen MR) is 85.2 cm³/mol. The van der Waals surface area contributed by atoms with Crippen molar-refractivity contribution < 1.29 is 4.79 Å². The Kier molecular flexibility index (Phi) is 5.22. The van der Waals surface area contributed by atoms with Gasteiger partial charge in [-0.05, 0) is 61.6 Å². The van der Waals surface area contributed by atoms with Crippen LogP contribution >= 0.6 is 34.2 Å². The lowest BCUT2D eigenvalue weighted by molar-refractivity contribution is 0.0616. The van der Waals surface area contributed by atoms with Crippen LogP contribution < -0.4 is 0 Å². The van der Waals surface area contributed by atoms with Gasteiger partial charge >= 0.3 is 0 Å². The number of nitrogens with zero attached hydrogens (tertiary/aromatic N) is 1. The van der Waals surface area contributed by atoms with Crippen LogP contribution in [-0.4, -0.2) is 22.9 Å². The zero-order valence-electron chi connectivity index (χ0n) is 10.8. The number of carbonyl (C=O) groups is 1. The maximum absolute atomic E-state index is 12.5. The molecule has 4 heteroatoms. The van der Waals surface area contributed by atoms with E-state index in [2.05, 4.69) is 29.2 Å². The van der Waals surface area contributed by atoms with E-state index in [1.165, 1.54) is 0 Å². The first-order valence-corrected chi connectivity index (χ1v) is 7.11. The molecule has 1 amide bonds. The smallest absolute Gasteiger partial charge is 0.254 e. The van der Waals surface area contributed by atoms with Crippen LogP contribution in [0.15, 0.2) is 30.9 Å². The Bertz CT molecular complexity index is 465. The molecule has 0 bridgehead atoms. The van der Waals surface area contributed by atoms with Crippen molar-refractivity contribution in [2.45, 2.75) is 26.3 Å². The van der Waals surface area contributed by atoms with Gasteiger partial charge in [-0.1, -0.05) is 17.7 Å². The van der Waals surface area contributed by atoms with Crippen LogP contribution in [-0.2, 0) is 0 Å². The van der Waals surface area contributed by atoms with Gasteiger partial charge in [-0.25, -0.2) is 0 Å². The van der Waals surface area contributed by atoms with Crippen molar-refractivity contribution in [2.24, 2.45) is 0 Å². The van der Waals surface area contributed by atoms with Crippen molar-refractivity contribution in [1.82, 2.24) is 4.90 Å². The van der Waals surface area contributed by atoms with E-state index in [1.807, 2.05) is 26.8 Å². The van der Waals surface area contributed by atoms with E-state index in [4.69, 9.17) is 11.6 Å². The Morgan fingerprint density at radius 1 is 1.50 bits per heavy atom. The average Bonchev–Trinajstić information content (AvgIpc) is 2.27. The van der Waals surface area contributed by atoms with Crippen LogP contribution in [0.2, 0.25) is 5.02 Å². The SMILES string of the molecule is C=CCN(C(=O)c1ccc(I)c(Cl)c1)C(C)(C)C. The van der Waals surface area contributed by atoms with Crippen molar-refractivity contribution in [3.63, 3.8) is 0 Å². The Hall–Kier alpha value is -0.550. The van der Waals surface area contributed by atoms with E-state index in [1.54, 1.807) is 23.1 Å². The highest BCUT2D eigenvalue weighted by Crippen LogP contribution is 2.23. The molecule has 0 atom stereocenters. The third-order valence-electron chi connectivity index (χ3n) is 2.53. The van der Waals surface area contributed by atoms with Crippen molar-refractivity contribution in [2.75, 3.05) is 6.54 Å². The van der Waals surface area contributed by atoms with Gasteiger partial charge in [-0.2, -0.15) is 0 Å². The Balaban J connectivity index is 3.09. The van der Waals surface area contributed by atoms with Crippen LogP contribution in [0.5, 0.6) is 0 Å². The number of carbonyl (C=O) groups excluding carboxylic acids is 1. The fourth-order valence-electron chi connectivity index (χ4n) is 1.58. The Labute approximate surface area is 127 Å². The molecule has 0 N–H and O–H groups in total. The maximum atomic E-state index is 12.5. The van der Waals surface area contributed by atoms with Gasteiger partial charge in [-0.3, -0.25) is 4.79 Å². The fourth-order valence-corrected chi connectivity index (χ4v) is 2.09. The summed E-state index contributed by atoms with van der Waals surface area (Å²) in [7, 11) is 0.